The summed E-state index contributed by atoms with van der Waals surface area (Å²) in [5.74, 6) is 0.362. The van der Waals surface area contributed by atoms with Gasteiger partial charge in [-0.05, 0) is 18.2 Å². The zero-order valence-electron chi connectivity index (χ0n) is 8.30. The molecule has 2 rings (SSSR count). The zero-order valence-corrected chi connectivity index (χ0v) is 9.89. The van der Waals surface area contributed by atoms with Gasteiger partial charge in [-0.25, -0.2) is 4.98 Å². The maximum Gasteiger partial charge on any atom is 0.247 e. The summed E-state index contributed by atoms with van der Waals surface area (Å²) in [5, 5.41) is 6.62. The van der Waals surface area contributed by atoms with Gasteiger partial charge >= 0.3 is 0 Å². The monoisotopic (exact) mass is 280 g/mol. The number of amides is 1. The number of rotatable bonds is 3. The molecule has 0 unspecified atom stereocenters. The quantitative estimate of drug-likeness (QED) is 0.931. The standard InChI is InChI=1S/C10H9BrN4O/c11-8-2-4-12-9(6-8)14-10(16)7-15-5-1-3-13-15/h1-6H,7H2,(H,12,14,16). The number of carbonyl (C=O) groups excluding carboxylic acids is 1. The van der Waals surface area contributed by atoms with E-state index in [4.69, 9.17) is 0 Å². The smallest absolute Gasteiger partial charge is 0.247 e. The molecule has 2 aromatic heterocycles. The van der Waals surface area contributed by atoms with Crippen LogP contribution in [0.2, 0.25) is 0 Å². The molecule has 0 aromatic carbocycles. The molecule has 16 heavy (non-hydrogen) atoms. The third-order valence-corrected chi connectivity index (χ3v) is 2.35. The van der Waals surface area contributed by atoms with Gasteiger partial charge in [-0.15, -0.1) is 0 Å². The minimum absolute atomic E-state index is 0.158. The van der Waals surface area contributed by atoms with E-state index in [1.54, 1.807) is 41.5 Å². The predicted octanol–water partition coefficient (Wildman–Crippen LogP) is 1.68. The Bertz CT molecular complexity index is 483. The van der Waals surface area contributed by atoms with E-state index < -0.39 is 0 Å². The molecule has 0 saturated carbocycles. The SMILES string of the molecule is O=C(Cn1cccn1)Nc1cc(Br)ccn1. The van der Waals surface area contributed by atoms with Crippen LogP contribution in [0.3, 0.4) is 0 Å². The van der Waals surface area contributed by atoms with Crippen molar-refractivity contribution in [1.82, 2.24) is 14.8 Å². The molecular formula is C10H9BrN4O. The minimum Gasteiger partial charge on any atom is -0.309 e. The van der Waals surface area contributed by atoms with Crippen LogP contribution in [-0.4, -0.2) is 20.7 Å². The molecule has 82 valence electrons. The normalized spacial score (nSPS) is 10.1. The molecular weight excluding hydrogens is 272 g/mol. The Balaban J connectivity index is 1.97. The van der Waals surface area contributed by atoms with Gasteiger partial charge in [0.25, 0.3) is 0 Å². The summed E-state index contributed by atoms with van der Waals surface area (Å²) in [6.07, 6.45) is 4.98. The average molecular weight is 281 g/mol. The Morgan fingerprint density at radius 1 is 1.50 bits per heavy atom. The number of pyridine rings is 1. The Kier molecular flexibility index (Phi) is 3.31. The third kappa shape index (κ3) is 2.90. The van der Waals surface area contributed by atoms with Crippen LogP contribution in [0.5, 0.6) is 0 Å². The predicted molar refractivity (Wildman–Crippen MR) is 62.8 cm³/mol. The van der Waals surface area contributed by atoms with Crippen molar-refractivity contribution in [3.63, 3.8) is 0 Å². The molecule has 5 nitrogen and oxygen atoms in total. The first kappa shape index (κ1) is 10.8. The number of halogens is 1. The van der Waals surface area contributed by atoms with Crippen molar-refractivity contribution >= 4 is 27.7 Å². The summed E-state index contributed by atoms with van der Waals surface area (Å²) in [5.41, 5.74) is 0. The molecule has 0 aliphatic carbocycles. The molecule has 1 amide bonds. The van der Waals surface area contributed by atoms with Crippen LogP contribution in [-0.2, 0) is 11.3 Å². The van der Waals surface area contributed by atoms with Gasteiger partial charge in [0.05, 0.1) is 0 Å². The molecule has 1 N–H and O–H groups in total. The number of carbonyl (C=O) groups is 1. The number of hydrogen-bond donors (Lipinski definition) is 1. The molecule has 0 spiro atoms. The molecule has 0 aliphatic rings. The molecule has 2 aromatic rings. The van der Waals surface area contributed by atoms with Crippen LogP contribution in [0.1, 0.15) is 0 Å². The summed E-state index contributed by atoms with van der Waals surface area (Å²) in [6, 6.07) is 5.30. The van der Waals surface area contributed by atoms with Crippen LogP contribution in [0, 0.1) is 0 Å². The van der Waals surface area contributed by atoms with Gasteiger partial charge in [0, 0.05) is 23.1 Å². The first-order valence-electron chi connectivity index (χ1n) is 4.63. The van der Waals surface area contributed by atoms with E-state index in [0.29, 0.717) is 5.82 Å². The lowest BCUT2D eigenvalue weighted by Crippen LogP contribution is -2.19. The van der Waals surface area contributed by atoms with E-state index in [9.17, 15) is 4.79 Å². The lowest BCUT2D eigenvalue weighted by atomic mass is 10.4. The van der Waals surface area contributed by atoms with Crippen molar-refractivity contribution in [1.29, 1.82) is 0 Å². The second kappa shape index (κ2) is 4.89. The van der Waals surface area contributed by atoms with Crippen molar-refractivity contribution < 1.29 is 4.79 Å². The molecule has 0 atom stereocenters. The first-order valence-corrected chi connectivity index (χ1v) is 5.42. The maximum atomic E-state index is 11.6. The Labute approximate surface area is 101 Å². The second-order valence-electron chi connectivity index (χ2n) is 3.11. The number of hydrogen-bond acceptors (Lipinski definition) is 3. The van der Waals surface area contributed by atoms with Gasteiger partial charge in [-0.2, -0.15) is 5.10 Å². The molecule has 2 heterocycles. The lowest BCUT2D eigenvalue weighted by molar-refractivity contribution is -0.116. The number of nitrogens with one attached hydrogen (secondary N) is 1. The Morgan fingerprint density at radius 2 is 2.38 bits per heavy atom. The zero-order chi connectivity index (χ0) is 11.4. The van der Waals surface area contributed by atoms with Crippen molar-refractivity contribution in [2.45, 2.75) is 6.54 Å². The highest BCUT2D eigenvalue weighted by molar-refractivity contribution is 9.10. The van der Waals surface area contributed by atoms with Gasteiger partial charge in [-0.1, -0.05) is 15.9 Å². The fourth-order valence-corrected chi connectivity index (χ4v) is 1.53. The van der Waals surface area contributed by atoms with E-state index in [1.165, 1.54) is 0 Å². The number of anilines is 1. The Morgan fingerprint density at radius 3 is 3.06 bits per heavy atom. The second-order valence-corrected chi connectivity index (χ2v) is 4.03. The molecule has 0 saturated heterocycles. The van der Waals surface area contributed by atoms with Crippen LogP contribution >= 0.6 is 15.9 Å². The maximum absolute atomic E-state index is 11.6. The number of nitrogens with zero attached hydrogens (tertiary/aromatic N) is 3. The topological polar surface area (TPSA) is 59.8 Å². The third-order valence-electron chi connectivity index (χ3n) is 1.85. The number of aromatic nitrogens is 3. The van der Waals surface area contributed by atoms with Gasteiger partial charge in [0.2, 0.25) is 5.91 Å². The van der Waals surface area contributed by atoms with Gasteiger partial charge < -0.3 is 5.32 Å². The van der Waals surface area contributed by atoms with Gasteiger partial charge in [0.15, 0.2) is 0 Å². The van der Waals surface area contributed by atoms with E-state index in [2.05, 4.69) is 31.3 Å². The van der Waals surface area contributed by atoms with Crippen LogP contribution in [0.25, 0.3) is 0 Å². The van der Waals surface area contributed by atoms with Crippen molar-refractivity contribution in [3.8, 4) is 0 Å². The van der Waals surface area contributed by atoms with Crippen LogP contribution < -0.4 is 5.32 Å². The van der Waals surface area contributed by atoms with E-state index in [1.807, 2.05) is 0 Å². The molecule has 0 bridgehead atoms. The van der Waals surface area contributed by atoms with Crippen molar-refractivity contribution in [3.05, 3.63) is 41.3 Å². The molecule has 0 radical (unpaired) electrons. The highest BCUT2D eigenvalue weighted by Gasteiger charge is 2.04. The van der Waals surface area contributed by atoms with E-state index in [0.717, 1.165) is 4.47 Å². The summed E-state index contributed by atoms with van der Waals surface area (Å²) in [4.78, 5) is 15.6. The van der Waals surface area contributed by atoms with Crippen LogP contribution in [0.4, 0.5) is 5.82 Å². The van der Waals surface area contributed by atoms with E-state index >= 15 is 0 Å². The largest absolute Gasteiger partial charge is 0.309 e. The first-order chi connectivity index (χ1) is 7.74. The highest BCUT2D eigenvalue weighted by Crippen LogP contribution is 2.12. The van der Waals surface area contributed by atoms with Gasteiger partial charge in [-0.3, -0.25) is 9.48 Å². The summed E-state index contributed by atoms with van der Waals surface area (Å²) in [7, 11) is 0. The van der Waals surface area contributed by atoms with Crippen molar-refractivity contribution in [2.75, 3.05) is 5.32 Å². The molecule has 0 fully saturated rings. The lowest BCUT2D eigenvalue weighted by Gasteiger charge is -2.04. The molecule has 6 heteroatoms. The van der Waals surface area contributed by atoms with Crippen molar-refractivity contribution in [2.24, 2.45) is 0 Å². The molecule has 0 aliphatic heterocycles. The highest BCUT2D eigenvalue weighted by atomic mass is 79.9. The summed E-state index contributed by atoms with van der Waals surface area (Å²) >= 11 is 3.30. The van der Waals surface area contributed by atoms with Gasteiger partial charge in [0.1, 0.15) is 12.4 Å². The average Bonchev–Trinajstić information content (AvgIpc) is 2.70. The van der Waals surface area contributed by atoms with Crippen LogP contribution in [0.15, 0.2) is 41.3 Å². The fraction of sp³-hybridized carbons (Fsp3) is 0.100. The van der Waals surface area contributed by atoms with E-state index in [-0.39, 0.29) is 12.5 Å². The Hall–Kier alpha value is -1.69. The fourth-order valence-electron chi connectivity index (χ4n) is 1.20. The summed E-state index contributed by atoms with van der Waals surface area (Å²) in [6.45, 7) is 0.182. The minimum atomic E-state index is -0.158. The summed E-state index contributed by atoms with van der Waals surface area (Å²) < 4.78 is 2.42.